The molecular formula is C85H89F4N15O9S3. The van der Waals surface area contributed by atoms with Crippen molar-refractivity contribution < 1.29 is 58.4 Å². The second kappa shape index (κ2) is 32.5. The Balaban J connectivity index is 0.000000135. The number of rotatable bonds is 15. The molecule has 8 aromatic carbocycles. The van der Waals surface area contributed by atoms with Crippen LogP contribution in [0, 0.1) is 23.3 Å². The lowest BCUT2D eigenvalue weighted by molar-refractivity contribution is -0.134. The molecule has 1 aromatic heterocycles. The molecule has 0 bridgehead atoms. The zero-order valence-corrected chi connectivity index (χ0v) is 67.3. The van der Waals surface area contributed by atoms with Gasteiger partial charge in [0, 0.05) is 68.7 Å². The highest BCUT2D eigenvalue weighted by Crippen LogP contribution is 2.50. The molecule has 3 fully saturated rings. The second-order valence-electron chi connectivity index (χ2n) is 30.0. The molecular weight excluding hydrogens is 1550 g/mol. The third-order valence-corrected chi connectivity index (χ3v) is 27.0. The molecule has 0 spiro atoms. The van der Waals surface area contributed by atoms with Crippen LogP contribution in [-0.2, 0) is 66.2 Å². The number of carbonyl (C=O) groups excluding carboxylic acids is 5. The topological polar surface area (TPSA) is 339 Å². The van der Waals surface area contributed by atoms with Gasteiger partial charge in [0.15, 0.2) is 29.4 Å². The molecule has 6 aliphatic heterocycles. The van der Waals surface area contributed by atoms with E-state index in [9.17, 15) is 58.4 Å². The Kier molecular flexibility index (Phi) is 23.0. The molecule has 7 aliphatic rings. The summed E-state index contributed by atoms with van der Waals surface area (Å²) in [6.45, 7) is 8.34. The lowest BCUT2D eigenvalue weighted by atomic mass is 9.74. The Morgan fingerprint density at radius 2 is 0.914 bits per heavy atom. The summed E-state index contributed by atoms with van der Waals surface area (Å²) in [5.41, 5.74) is 26.1. The first-order valence-corrected chi connectivity index (χ1v) is 41.9. The molecule has 7 heterocycles. The van der Waals surface area contributed by atoms with Gasteiger partial charge in [-0.25, -0.2) is 54.4 Å². The van der Waals surface area contributed by atoms with Crippen LogP contribution >= 0.6 is 11.3 Å². The monoisotopic (exact) mass is 1640 g/mol. The minimum atomic E-state index is -3.35. The standard InChI is InChI=1S/C23H23N3OS.2C21H22F2N4O3S.C20H22N4O2/c1-23(18-9-10-19-17(13-18)11-12-28-19)20(21(27)26(2)22(24)25-23)16-7-5-15(6-8-16)14-3-4-14;2*1-21(16-9-6-14(22)12-17(16)23)18(19(28)26(2)20(24)25-21)13-4-7-15(8-5-13)27-10-3-11-31(27,29)30;1-2-13-22-17(25)14-24-18(26)20(23-19(24)21,15-9-5-3-6-10-15)16-11-7-4-8-12-16/h5-14,20H,3-4H2,1-2H3,(H2,24,25);2*4-9,12,18H,3,10-11H2,1-2H3,(H2,24,25);3-12H,2,13-14H2,1H3,(H2,21,23)(H,22,25)/t20-,23-;18-,21+;18-,21-;/m101./s1. The van der Waals surface area contributed by atoms with Gasteiger partial charge in [-0.1, -0.05) is 134 Å². The molecule has 31 heteroatoms. The van der Waals surface area contributed by atoms with Crippen LogP contribution in [0.4, 0.5) is 28.9 Å². The van der Waals surface area contributed by atoms with E-state index in [1.807, 2.05) is 74.5 Å². The Bertz CT molecular complexity index is 5440. The second-order valence-corrected chi connectivity index (χ2v) is 35.0. The maximum atomic E-state index is 14.7. The largest absolute Gasteiger partial charge is 0.369 e. The summed E-state index contributed by atoms with van der Waals surface area (Å²) < 4.78 is 109. The number of benzene rings is 8. The molecule has 0 radical (unpaired) electrons. The van der Waals surface area contributed by atoms with Gasteiger partial charge in [0.25, 0.3) is 5.91 Å². The van der Waals surface area contributed by atoms with E-state index in [1.165, 1.54) is 82.9 Å². The van der Waals surface area contributed by atoms with Gasteiger partial charge in [-0.3, -0.25) is 52.2 Å². The lowest BCUT2D eigenvalue weighted by Crippen LogP contribution is -2.52. The summed E-state index contributed by atoms with van der Waals surface area (Å²) in [6, 6.07) is 54.8. The highest BCUT2D eigenvalue weighted by Gasteiger charge is 2.54. The lowest BCUT2D eigenvalue weighted by Gasteiger charge is -2.41. The predicted molar refractivity (Wildman–Crippen MR) is 441 cm³/mol. The minimum absolute atomic E-state index is 0.0143. The number of guanidine groups is 4. The van der Waals surface area contributed by atoms with E-state index in [2.05, 4.69) is 74.2 Å². The van der Waals surface area contributed by atoms with Crippen LogP contribution in [0.15, 0.2) is 219 Å². The first kappa shape index (κ1) is 82.2. The Morgan fingerprint density at radius 3 is 1.32 bits per heavy atom. The van der Waals surface area contributed by atoms with E-state index in [-0.39, 0.29) is 70.7 Å². The van der Waals surface area contributed by atoms with Gasteiger partial charge in [-0.2, -0.15) is 0 Å². The Morgan fingerprint density at radius 1 is 0.500 bits per heavy atom. The van der Waals surface area contributed by atoms with Gasteiger partial charge in [-0.15, -0.1) is 11.3 Å². The molecule has 9 N–H and O–H groups in total. The summed E-state index contributed by atoms with van der Waals surface area (Å²) in [6.07, 6.45) is 4.45. The van der Waals surface area contributed by atoms with E-state index < -0.39 is 95.0 Å². The zero-order valence-electron chi connectivity index (χ0n) is 64.8. The Labute approximate surface area is 674 Å². The zero-order chi connectivity index (χ0) is 83.1. The fourth-order valence-electron chi connectivity index (χ4n) is 15.9. The molecule has 24 nitrogen and oxygen atoms in total. The van der Waals surface area contributed by atoms with Gasteiger partial charge in [0.05, 0.1) is 40.6 Å². The molecule has 9 aromatic rings. The van der Waals surface area contributed by atoms with Gasteiger partial charge >= 0.3 is 0 Å². The van der Waals surface area contributed by atoms with Crippen molar-refractivity contribution in [3.8, 4) is 0 Å². The van der Waals surface area contributed by atoms with Crippen LogP contribution in [-0.4, -0.2) is 149 Å². The number of nitrogens with one attached hydrogen (secondary N) is 1. The number of aliphatic imine (C=N–C) groups is 4. The maximum Gasteiger partial charge on any atom is 0.267 e. The number of carbonyl (C=O) groups is 5. The average Bonchev–Trinajstić information content (AvgIpc) is 1.15. The molecule has 5 amide bonds. The van der Waals surface area contributed by atoms with E-state index in [1.54, 1.807) is 80.8 Å². The number of halogens is 4. The highest BCUT2D eigenvalue weighted by atomic mass is 32.2. The first-order chi connectivity index (χ1) is 55.1. The van der Waals surface area contributed by atoms with Crippen molar-refractivity contribution in [2.75, 3.05) is 67.4 Å². The van der Waals surface area contributed by atoms with Crippen LogP contribution in [0.5, 0.6) is 0 Å². The van der Waals surface area contributed by atoms with Gasteiger partial charge in [-0.05, 0) is 163 Å². The van der Waals surface area contributed by atoms with Crippen molar-refractivity contribution >= 4 is 106 Å². The van der Waals surface area contributed by atoms with Crippen LogP contribution in [0.1, 0.15) is 134 Å². The fraction of sp³-hybridized carbons (Fsp3) is 0.306. The molecule has 16 rings (SSSR count). The van der Waals surface area contributed by atoms with Gasteiger partial charge in [0.1, 0.15) is 46.4 Å². The predicted octanol–water partition coefficient (Wildman–Crippen LogP) is 10.8. The van der Waals surface area contributed by atoms with E-state index >= 15 is 0 Å². The molecule has 604 valence electrons. The van der Waals surface area contributed by atoms with Crippen LogP contribution < -0.4 is 36.9 Å². The summed E-state index contributed by atoms with van der Waals surface area (Å²) in [7, 11) is -2.04. The number of fused-ring (bicyclic) bond motifs is 1. The molecule has 6 atom stereocenters. The smallest absolute Gasteiger partial charge is 0.267 e. The van der Waals surface area contributed by atoms with Crippen molar-refractivity contribution in [1.29, 1.82) is 0 Å². The third-order valence-electron chi connectivity index (χ3n) is 22.4. The SMILES string of the molecule is CCCNC(=O)CN1C(=O)C(c2ccccc2)(c2ccccc2)N=C1N.CN1C(=O)[C@@H](c2ccc(C3CC3)cc2)[C@@](C)(c2ccc3sccc3c2)N=C1N.CN1C(=O)[C@@H](c2ccc(N3CCCS3(=O)=O)cc2)[C@@](C)(c2ccc(F)cc2F)N=C1N.CN1C(=O)[C@H](c2ccc(N3CCCS3(=O)=O)cc2)[C@@](C)(c2ccc(F)cc2F)N=C1N. The summed E-state index contributed by atoms with van der Waals surface area (Å²) in [5, 5.41) is 6.02. The number of amides is 5. The molecule has 116 heavy (non-hydrogen) atoms. The van der Waals surface area contributed by atoms with E-state index in [4.69, 9.17) is 27.9 Å². The van der Waals surface area contributed by atoms with Crippen molar-refractivity contribution in [2.45, 2.75) is 106 Å². The summed E-state index contributed by atoms with van der Waals surface area (Å²) in [5.74, 6) is -5.80. The summed E-state index contributed by atoms with van der Waals surface area (Å²) in [4.78, 5) is 88.6. The van der Waals surface area contributed by atoms with Crippen LogP contribution in [0.25, 0.3) is 10.1 Å². The number of likely N-dealkylation sites (N-methyl/N-ethyl adjacent to an activating group) is 3. The van der Waals surface area contributed by atoms with Gasteiger partial charge < -0.3 is 28.3 Å². The average molecular weight is 1640 g/mol. The Hall–Kier alpha value is -11.8. The number of hydrogen-bond donors (Lipinski definition) is 5. The molecule has 1 aliphatic carbocycles. The third kappa shape index (κ3) is 15.7. The van der Waals surface area contributed by atoms with Crippen LogP contribution in [0.2, 0.25) is 0 Å². The first-order valence-electron chi connectivity index (χ1n) is 37.8. The fourth-order valence-corrected chi connectivity index (χ4v) is 19.8. The van der Waals surface area contributed by atoms with Crippen molar-refractivity contribution in [1.82, 2.24) is 24.9 Å². The van der Waals surface area contributed by atoms with Crippen molar-refractivity contribution in [3.63, 3.8) is 0 Å². The number of nitrogens with two attached hydrogens (primary N) is 4. The minimum Gasteiger partial charge on any atom is -0.369 e. The number of thiophene rings is 1. The highest BCUT2D eigenvalue weighted by molar-refractivity contribution is 7.93. The molecule has 1 saturated carbocycles. The quantitative estimate of drug-likeness (QED) is 0.0597. The summed E-state index contributed by atoms with van der Waals surface area (Å²) >= 11 is 1.71. The van der Waals surface area contributed by atoms with Crippen LogP contribution in [0.3, 0.4) is 0 Å². The van der Waals surface area contributed by atoms with E-state index in [0.717, 1.165) is 52.9 Å². The van der Waals surface area contributed by atoms with Crippen molar-refractivity contribution in [2.24, 2.45) is 42.9 Å². The maximum absolute atomic E-state index is 14.7. The normalized spacial score (nSPS) is 23.3. The number of hydrogen-bond acceptors (Lipinski definition) is 18. The van der Waals surface area contributed by atoms with E-state index in [0.29, 0.717) is 60.9 Å². The number of nitrogens with zero attached hydrogens (tertiary/aromatic N) is 10. The van der Waals surface area contributed by atoms with Crippen molar-refractivity contribution in [3.05, 3.63) is 273 Å². The van der Waals surface area contributed by atoms with Gasteiger partial charge in [0.2, 0.25) is 43.7 Å². The number of anilines is 2. The number of sulfonamides is 2. The molecule has 0 unspecified atom stereocenters. The molecule has 2 saturated heterocycles.